The van der Waals surface area contributed by atoms with Crippen LogP contribution in [0.25, 0.3) is 0 Å². The molecule has 2 fully saturated rings. The second-order valence-electron chi connectivity index (χ2n) is 12.1. The maximum Gasteiger partial charge on any atom is 0.410 e. The van der Waals surface area contributed by atoms with E-state index in [1.807, 2.05) is 59.5 Å². The molecule has 8 heteroatoms. The molecular formula is C35H45N3O4S. The molecule has 5 rings (SSSR count). The van der Waals surface area contributed by atoms with Gasteiger partial charge in [0.2, 0.25) is 10.0 Å². The number of amides is 1. The van der Waals surface area contributed by atoms with Gasteiger partial charge in [0, 0.05) is 39.3 Å². The van der Waals surface area contributed by atoms with E-state index in [0.717, 1.165) is 56.6 Å². The van der Waals surface area contributed by atoms with Gasteiger partial charge in [-0.25, -0.2) is 17.5 Å². The van der Waals surface area contributed by atoms with Crippen LogP contribution in [0.4, 0.5) is 4.79 Å². The van der Waals surface area contributed by atoms with Crippen LogP contribution in [0.1, 0.15) is 55.6 Å². The lowest BCUT2D eigenvalue weighted by Crippen LogP contribution is -2.50. The first-order chi connectivity index (χ1) is 20.9. The van der Waals surface area contributed by atoms with Crippen molar-refractivity contribution in [3.05, 3.63) is 102 Å². The van der Waals surface area contributed by atoms with Gasteiger partial charge in [0.15, 0.2) is 0 Å². The SMILES string of the molecule is CN(CC(CCN1CCC(N(CC2CCC2)C(=O)OCc2ccccc2)CC1)c1ccccc1)S(=O)(=O)c1ccccc1. The van der Waals surface area contributed by atoms with Crippen LogP contribution in [0.3, 0.4) is 0 Å². The summed E-state index contributed by atoms with van der Waals surface area (Å²) in [5.41, 5.74) is 2.16. The number of nitrogens with zero attached hydrogens (tertiary/aromatic N) is 3. The number of carbonyl (C=O) groups excluding carboxylic acids is 1. The van der Waals surface area contributed by atoms with E-state index < -0.39 is 10.0 Å². The molecule has 1 unspecified atom stereocenters. The monoisotopic (exact) mass is 603 g/mol. The van der Waals surface area contributed by atoms with E-state index in [9.17, 15) is 13.2 Å². The molecule has 1 aliphatic carbocycles. The van der Waals surface area contributed by atoms with Crippen molar-refractivity contribution in [2.45, 2.75) is 62.0 Å². The molecule has 1 atom stereocenters. The Balaban J connectivity index is 1.17. The molecule has 0 N–H and O–H groups in total. The first-order valence-corrected chi connectivity index (χ1v) is 17.1. The summed E-state index contributed by atoms with van der Waals surface area (Å²) >= 11 is 0. The molecule has 1 amide bonds. The van der Waals surface area contributed by atoms with Gasteiger partial charge in [-0.3, -0.25) is 0 Å². The molecule has 2 aliphatic rings. The first kappa shape index (κ1) is 31.2. The summed E-state index contributed by atoms with van der Waals surface area (Å²) in [5, 5.41) is 0. The highest BCUT2D eigenvalue weighted by molar-refractivity contribution is 7.89. The van der Waals surface area contributed by atoms with Gasteiger partial charge in [-0.05, 0) is 73.7 Å². The third kappa shape index (κ3) is 8.46. The van der Waals surface area contributed by atoms with Gasteiger partial charge in [-0.15, -0.1) is 0 Å². The van der Waals surface area contributed by atoms with Gasteiger partial charge in [-0.2, -0.15) is 0 Å². The van der Waals surface area contributed by atoms with Crippen molar-refractivity contribution in [1.29, 1.82) is 0 Å². The Morgan fingerprint density at radius 1 is 0.884 bits per heavy atom. The average molecular weight is 604 g/mol. The largest absolute Gasteiger partial charge is 0.445 e. The lowest BCUT2D eigenvalue weighted by Gasteiger charge is -2.41. The fraction of sp³-hybridized carbons (Fsp3) is 0.457. The quantitative estimate of drug-likeness (QED) is 0.227. The van der Waals surface area contributed by atoms with Crippen molar-refractivity contribution >= 4 is 16.1 Å². The summed E-state index contributed by atoms with van der Waals surface area (Å²) in [5.74, 6) is 0.656. The first-order valence-electron chi connectivity index (χ1n) is 15.7. The van der Waals surface area contributed by atoms with Gasteiger partial charge in [-0.1, -0.05) is 85.3 Å². The Morgan fingerprint density at radius 3 is 2.09 bits per heavy atom. The molecule has 3 aromatic carbocycles. The number of likely N-dealkylation sites (tertiary alicyclic amines) is 1. The number of carbonyl (C=O) groups is 1. The van der Waals surface area contributed by atoms with Crippen molar-refractivity contribution in [3.8, 4) is 0 Å². The molecule has 1 heterocycles. The molecule has 230 valence electrons. The van der Waals surface area contributed by atoms with E-state index in [2.05, 4.69) is 17.0 Å². The zero-order valence-corrected chi connectivity index (χ0v) is 26.1. The average Bonchev–Trinajstić information content (AvgIpc) is 3.03. The molecule has 3 aromatic rings. The molecule has 0 radical (unpaired) electrons. The van der Waals surface area contributed by atoms with Crippen LogP contribution in [0.5, 0.6) is 0 Å². The third-order valence-corrected chi connectivity index (χ3v) is 10.9. The van der Waals surface area contributed by atoms with E-state index in [1.165, 1.54) is 23.6 Å². The number of sulfonamides is 1. The minimum absolute atomic E-state index is 0.0745. The van der Waals surface area contributed by atoms with Crippen molar-refractivity contribution in [2.24, 2.45) is 5.92 Å². The molecule has 0 bridgehead atoms. The van der Waals surface area contributed by atoms with Gasteiger partial charge < -0.3 is 14.5 Å². The fourth-order valence-corrected chi connectivity index (χ4v) is 7.43. The Bertz CT molecular complexity index is 1380. The number of rotatable bonds is 13. The Hall–Kier alpha value is -3.20. The standard InChI is InChI=1S/C35H45N3O4S/c1-36(43(40,41)34-18-9-4-10-19-34)27-32(31-16-7-3-8-17-31)20-23-37-24-21-33(22-25-37)38(26-29-14-11-15-29)35(39)42-28-30-12-5-2-6-13-30/h2-10,12-13,16-19,29,32-33H,11,14-15,20-28H2,1H3. The Kier molecular flexibility index (Phi) is 10.9. The molecule has 43 heavy (non-hydrogen) atoms. The third-order valence-electron chi connectivity index (χ3n) is 9.11. The zero-order chi connectivity index (χ0) is 30.1. The second kappa shape index (κ2) is 15.0. The Labute approximate surface area is 257 Å². The summed E-state index contributed by atoms with van der Waals surface area (Å²) in [6, 6.07) is 28.9. The predicted octanol–water partition coefficient (Wildman–Crippen LogP) is 6.38. The summed E-state index contributed by atoms with van der Waals surface area (Å²) in [6.07, 6.45) is 6.14. The van der Waals surface area contributed by atoms with E-state index in [1.54, 1.807) is 31.3 Å². The number of hydrogen-bond donors (Lipinski definition) is 0. The molecule has 0 spiro atoms. The van der Waals surface area contributed by atoms with Crippen LogP contribution in [0.2, 0.25) is 0 Å². The van der Waals surface area contributed by atoms with Crippen LogP contribution in [-0.2, 0) is 21.4 Å². The van der Waals surface area contributed by atoms with Crippen LogP contribution in [-0.4, -0.2) is 74.4 Å². The van der Waals surface area contributed by atoms with Crippen molar-refractivity contribution < 1.29 is 17.9 Å². The summed E-state index contributed by atoms with van der Waals surface area (Å²) < 4.78 is 33.8. The van der Waals surface area contributed by atoms with Crippen LogP contribution in [0, 0.1) is 5.92 Å². The Morgan fingerprint density at radius 2 is 1.49 bits per heavy atom. The predicted molar refractivity (Wildman–Crippen MR) is 170 cm³/mol. The fourth-order valence-electron chi connectivity index (χ4n) is 6.19. The summed E-state index contributed by atoms with van der Waals surface area (Å²) in [4.78, 5) is 18.1. The number of piperidine rings is 1. The molecule has 0 aromatic heterocycles. The van der Waals surface area contributed by atoms with Crippen molar-refractivity contribution in [1.82, 2.24) is 14.1 Å². The van der Waals surface area contributed by atoms with Gasteiger partial charge in [0.25, 0.3) is 0 Å². The molecule has 1 aliphatic heterocycles. The highest BCUT2D eigenvalue weighted by Crippen LogP contribution is 2.30. The summed E-state index contributed by atoms with van der Waals surface area (Å²) in [7, 11) is -1.89. The maximum atomic E-state index is 13.3. The molecular weight excluding hydrogens is 558 g/mol. The second-order valence-corrected chi connectivity index (χ2v) is 14.1. The highest BCUT2D eigenvalue weighted by atomic mass is 32.2. The topological polar surface area (TPSA) is 70.2 Å². The van der Waals surface area contributed by atoms with Crippen LogP contribution >= 0.6 is 0 Å². The van der Waals surface area contributed by atoms with E-state index in [0.29, 0.717) is 24.0 Å². The molecule has 1 saturated heterocycles. The number of benzene rings is 3. The van der Waals surface area contributed by atoms with Crippen molar-refractivity contribution in [2.75, 3.05) is 39.8 Å². The minimum atomic E-state index is -3.57. The minimum Gasteiger partial charge on any atom is -0.445 e. The van der Waals surface area contributed by atoms with Crippen LogP contribution < -0.4 is 0 Å². The van der Waals surface area contributed by atoms with Crippen molar-refractivity contribution in [3.63, 3.8) is 0 Å². The lowest BCUT2D eigenvalue weighted by molar-refractivity contribution is 0.0456. The van der Waals surface area contributed by atoms with Gasteiger partial charge >= 0.3 is 6.09 Å². The van der Waals surface area contributed by atoms with Crippen LogP contribution in [0.15, 0.2) is 95.9 Å². The highest BCUT2D eigenvalue weighted by Gasteiger charge is 2.33. The lowest BCUT2D eigenvalue weighted by atomic mass is 9.84. The normalized spacial score (nSPS) is 17.3. The smallest absolute Gasteiger partial charge is 0.410 e. The number of hydrogen-bond acceptors (Lipinski definition) is 5. The molecule has 1 saturated carbocycles. The van der Waals surface area contributed by atoms with E-state index in [4.69, 9.17) is 4.74 Å². The van der Waals surface area contributed by atoms with Gasteiger partial charge in [0.05, 0.1) is 4.90 Å². The summed E-state index contributed by atoms with van der Waals surface area (Å²) in [6.45, 7) is 4.22. The number of ether oxygens (including phenoxy) is 1. The molecule has 7 nitrogen and oxygen atoms in total. The maximum absolute atomic E-state index is 13.3. The van der Waals surface area contributed by atoms with E-state index >= 15 is 0 Å². The van der Waals surface area contributed by atoms with Gasteiger partial charge in [0.1, 0.15) is 6.61 Å². The zero-order valence-electron chi connectivity index (χ0n) is 25.3. The number of likely N-dealkylation sites (N-methyl/N-ethyl adjacent to an activating group) is 1. The van der Waals surface area contributed by atoms with E-state index in [-0.39, 0.29) is 18.1 Å².